The molecular weight excluding hydrogens is 540 g/mol. The van der Waals surface area contributed by atoms with Crippen LogP contribution in [0, 0.1) is 0 Å². The molecule has 1 aliphatic carbocycles. The first-order chi connectivity index (χ1) is 18.6. The Labute approximate surface area is 234 Å². The maximum absolute atomic E-state index is 13.8. The van der Waals surface area contributed by atoms with Crippen molar-refractivity contribution in [3.8, 4) is 5.75 Å². The molecule has 3 aromatic rings. The fraction of sp³-hybridized carbons (Fsp3) is 0.375. The zero-order valence-electron chi connectivity index (χ0n) is 21.9. The average Bonchev–Trinajstić information content (AvgIpc) is 2.95. The van der Waals surface area contributed by atoms with Crippen molar-refractivity contribution in [1.29, 1.82) is 0 Å². The van der Waals surface area contributed by atoms with Gasteiger partial charge in [0, 0.05) is 29.9 Å². The number of amides is 2. The highest BCUT2D eigenvalue weighted by Crippen LogP contribution is 2.21. The van der Waals surface area contributed by atoms with Crippen LogP contribution in [-0.4, -0.2) is 35.4 Å². The van der Waals surface area contributed by atoms with Crippen molar-refractivity contribution in [2.45, 2.75) is 70.0 Å². The van der Waals surface area contributed by atoms with E-state index in [-0.39, 0.29) is 17.9 Å². The molecule has 1 fully saturated rings. The van der Waals surface area contributed by atoms with Gasteiger partial charge in [0.1, 0.15) is 11.8 Å². The Morgan fingerprint density at radius 2 is 1.53 bits per heavy atom. The van der Waals surface area contributed by atoms with Crippen LogP contribution in [-0.2, 0) is 22.6 Å². The predicted molar refractivity (Wildman–Crippen MR) is 155 cm³/mol. The summed E-state index contributed by atoms with van der Waals surface area (Å²) >= 11 is 3.50. The van der Waals surface area contributed by atoms with E-state index < -0.39 is 6.04 Å². The van der Waals surface area contributed by atoms with E-state index in [0.717, 1.165) is 47.0 Å². The first kappa shape index (κ1) is 27.9. The average molecular weight is 578 g/mol. The van der Waals surface area contributed by atoms with E-state index in [4.69, 9.17) is 4.74 Å². The predicted octanol–water partition coefficient (Wildman–Crippen LogP) is 6.70. The lowest BCUT2D eigenvalue weighted by Crippen LogP contribution is -2.52. The number of para-hydroxylation sites is 1. The Kier molecular flexibility index (Phi) is 10.8. The first-order valence-electron chi connectivity index (χ1n) is 13.6. The fourth-order valence-corrected chi connectivity index (χ4v) is 5.22. The molecule has 1 aliphatic rings. The lowest BCUT2D eigenvalue weighted by Gasteiger charge is -2.33. The second-order valence-corrected chi connectivity index (χ2v) is 10.9. The van der Waals surface area contributed by atoms with Crippen molar-refractivity contribution in [2.75, 3.05) is 6.61 Å². The number of nitrogens with one attached hydrogen (secondary N) is 1. The van der Waals surface area contributed by atoms with Gasteiger partial charge in [0.25, 0.3) is 0 Å². The third-order valence-corrected chi connectivity index (χ3v) is 7.56. The highest BCUT2D eigenvalue weighted by molar-refractivity contribution is 9.10. The molecule has 200 valence electrons. The first-order valence-corrected chi connectivity index (χ1v) is 14.4. The van der Waals surface area contributed by atoms with Gasteiger partial charge in [-0.2, -0.15) is 0 Å². The van der Waals surface area contributed by atoms with Crippen molar-refractivity contribution in [3.63, 3.8) is 0 Å². The van der Waals surface area contributed by atoms with Crippen LogP contribution >= 0.6 is 15.9 Å². The number of nitrogens with zero attached hydrogens (tertiary/aromatic N) is 1. The van der Waals surface area contributed by atoms with Crippen molar-refractivity contribution >= 4 is 27.7 Å². The highest BCUT2D eigenvalue weighted by atomic mass is 79.9. The molecule has 3 aromatic carbocycles. The van der Waals surface area contributed by atoms with Gasteiger partial charge in [-0.1, -0.05) is 95.9 Å². The molecule has 1 atom stereocenters. The van der Waals surface area contributed by atoms with E-state index in [9.17, 15) is 9.59 Å². The Bertz CT molecular complexity index is 1130. The molecule has 0 aliphatic heterocycles. The Morgan fingerprint density at radius 3 is 2.21 bits per heavy atom. The van der Waals surface area contributed by atoms with Crippen LogP contribution in [0.25, 0.3) is 0 Å². The molecular formula is C32H37BrN2O3. The molecule has 0 bridgehead atoms. The summed E-state index contributed by atoms with van der Waals surface area (Å²) < 4.78 is 6.80. The number of benzene rings is 3. The summed E-state index contributed by atoms with van der Waals surface area (Å²) in [7, 11) is 0. The van der Waals surface area contributed by atoms with Gasteiger partial charge in [-0.3, -0.25) is 9.59 Å². The molecule has 0 heterocycles. The number of carbonyl (C=O) groups is 2. The number of hydrogen-bond donors (Lipinski definition) is 1. The van der Waals surface area contributed by atoms with Crippen LogP contribution < -0.4 is 10.1 Å². The zero-order valence-corrected chi connectivity index (χ0v) is 23.4. The summed E-state index contributed by atoms with van der Waals surface area (Å²) in [4.78, 5) is 29.3. The van der Waals surface area contributed by atoms with Crippen LogP contribution in [0.1, 0.15) is 56.1 Å². The lowest BCUT2D eigenvalue weighted by molar-refractivity contribution is -0.141. The van der Waals surface area contributed by atoms with E-state index in [1.165, 1.54) is 6.42 Å². The number of halogens is 1. The van der Waals surface area contributed by atoms with Gasteiger partial charge in [-0.05, 0) is 54.7 Å². The topological polar surface area (TPSA) is 58.6 Å². The quantitative estimate of drug-likeness (QED) is 0.244. The lowest BCUT2D eigenvalue weighted by atomic mass is 9.94. The maximum atomic E-state index is 13.8. The minimum atomic E-state index is -0.592. The summed E-state index contributed by atoms with van der Waals surface area (Å²) in [5.41, 5.74) is 2.03. The molecule has 5 nitrogen and oxygen atoms in total. The van der Waals surface area contributed by atoms with E-state index in [1.807, 2.05) is 84.9 Å². The molecule has 0 aromatic heterocycles. The Balaban J connectivity index is 1.52. The third-order valence-electron chi connectivity index (χ3n) is 7.04. The van der Waals surface area contributed by atoms with Gasteiger partial charge < -0.3 is 15.0 Å². The van der Waals surface area contributed by atoms with Crippen molar-refractivity contribution < 1.29 is 14.3 Å². The summed E-state index contributed by atoms with van der Waals surface area (Å²) in [6.07, 6.45) is 6.86. The zero-order chi connectivity index (χ0) is 26.6. The number of rotatable bonds is 12. The largest absolute Gasteiger partial charge is 0.494 e. The van der Waals surface area contributed by atoms with Gasteiger partial charge in [0.15, 0.2) is 0 Å². The Hall–Kier alpha value is -3.12. The molecule has 0 unspecified atom stereocenters. The van der Waals surface area contributed by atoms with Crippen LogP contribution in [0.2, 0.25) is 0 Å². The summed E-state index contributed by atoms with van der Waals surface area (Å²) in [6, 6.07) is 27.1. The third kappa shape index (κ3) is 8.73. The van der Waals surface area contributed by atoms with Crippen molar-refractivity contribution in [3.05, 3.63) is 101 Å². The molecule has 6 heteroatoms. The maximum Gasteiger partial charge on any atom is 0.243 e. The Morgan fingerprint density at radius 1 is 0.868 bits per heavy atom. The van der Waals surface area contributed by atoms with Gasteiger partial charge in [-0.25, -0.2) is 0 Å². The standard InChI is InChI=1S/C32H37BrN2O3/c33-27-20-18-26(19-21-27)24-35(31(36)17-10-22-38-29-15-8-3-9-16-29)30(23-25-11-4-1-5-12-25)32(37)34-28-13-6-2-7-14-28/h1,3-5,8-9,11-12,15-16,18-21,28,30H,2,6-7,10,13-14,17,22-24H2,(H,34,37)/t30-/m1/s1. The smallest absolute Gasteiger partial charge is 0.243 e. The fourth-order valence-electron chi connectivity index (χ4n) is 4.96. The van der Waals surface area contributed by atoms with Gasteiger partial charge in [0.05, 0.1) is 6.61 Å². The molecule has 1 saturated carbocycles. The van der Waals surface area contributed by atoms with Crippen molar-refractivity contribution in [2.24, 2.45) is 0 Å². The molecule has 38 heavy (non-hydrogen) atoms. The number of carbonyl (C=O) groups excluding carboxylic acids is 2. The van der Waals surface area contributed by atoms with E-state index in [0.29, 0.717) is 32.4 Å². The number of ether oxygens (including phenoxy) is 1. The summed E-state index contributed by atoms with van der Waals surface area (Å²) in [6.45, 7) is 0.820. The van der Waals surface area contributed by atoms with Crippen molar-refractivity contribution in [1.82, 2.24) is 10.2 Å². The monoisotopic (exact) mass is 576 g/mol. The minimum Gasteiger partial charge on any atom is -0.494 e. The molecule has 2 amide bonds. The summed E-state index contributed by atoms with van der Waals surface area (Å²) in [5.74, 6) is 0.691. The second-order valence-electron chi connectivity index (χ2n) is 9.96. The molecule has 1 N–H and O–H groups in total. The minimum absolute atomic E-state index is 0.0377. The normalized spacial score (nSPS) is 14.4. The SMILES string of the molecule is O=C(NC1CCCCC1)[C@@H](Cc1ccccc1)N(Cc1ccc(Br)cc1)C(=O)CCCOc1ccccc1. The molecule has 4 rings (SSSR count). The van der Waals surface area contributed by atoms with Crippen LogP contribution in [0.3, 0.4) is 0 Å². The van der Waals surface area contributed by atoms with E-state index in [1.54, 1.807) is 4.90 Å². The second kappa shape index (κ2) is 14.7. The molecule has 0 radical (unpaired) electrons. The number of hydrogen-bond acceptors (Lipinski definition) is 3. The van der Waals surface area contributed by atoms with Crippen LogP contribution in [0.4, 0.5) is 0 Å². The molecule has 0 spiro atoms. The van der Waals surface area contributed by atoms with Crippen LogP contribution in [0.5, 0.6) is 5.75 Å². The van der Waals surface area contributed by atoms with Gasteiger partial charge in [0.2, 0.25) is 11.8 Å². The summed E-state index contributed by atoms with van der Waals surface area (Å²) in [5, 5.41) is 3.29. The van der Waals surface area contributed by atoms with Gasteiger partial charge in [-0.15, -0.1) is 0 Å². The highest BCUT2D eigenvalue weighted by Gasteiger charge is 2.31. The van der Waals surface area contributed by atoms with E-state index in [2.05, 4.69) is 21.2 Å². The van der Waals surface area contributed by atoms with Crippen LogP contribution in [0.15, 0.2) is 89.4 Å². The van der Waals surface area contributed by atoms with Gasteiger partial charge >= 0.3 is 0 Å². The molecule has 0 saturated heterocycles. The van der Waals surface area contributed by atoms with E-state index >= 15 is 0 Å².